The maximum atomic E-state index is 10.8. The van der Waals surface area contributed by atoms with Crippen molar-refractivity contribution in [2.45, 2.75) is 57.1 Å². The van der Waals surface area contributed by atoms with E-state index in [4.69, 9.17) is 4.98 Å². The number of imidazole rings is 1. The molecule has 1 aromatic heterocycles. The lowest BCUT2D eigenvalue weighted by Crippen LogP contribution is -2.41. The lowest BCUT2D eigenvalue weighted by molar-refractivity contribution is 0.0229. The summed E-state index contributed by atoms with van der Waals surface area (Å²) in [5, 5.41) is 14.3. The number of rotatable bonds is 4. The van der Waals surface area contributed by atoms with Gasteiger partial charge in [0.25, 0.3) is 0 Å². The van der Waals surface area contributed by atoms with E-state index >= 15 is 0 Å². The molecular formula is C18H27N3O. The molecule has 0 aliphatic heterocycles. The molecule has 2 aromatic rings. The molecule has 4 nitrogen and oxygen atoms in total. The highest BCUT2D eigenvalue weighted by Crippen LogP contribution is 2.27. The third-order valence-corrected chi connectivity index (χ3v) is 4.98. The molecular weight excluding hydrogens is 274 g/mol. The minimum atomic E-state index is -0.546. The van der Waals surface area contributed by atoms with Gasteiger partial charge in [-0.15, -0.1) is 0 Å². The second-order valence-corrected chi connectivity index (χ2v) is 6.76. The van der Waals surface area contributed by atoms with Gasteiger partial charge in [0.15, 0.2) is 0 Å². The summed E-state index contributed by atoms with van der Waals surface area (Å²) in [5.41, 5.74) is 1.64. The number of nitrogens with one attached hydrogen (secondary N) is 1. The topological polar surface area (TPSA) is 50.1 Å². The first-order valence-corrected chi connectivity index (χ1v) is 8.46. The Hall–Kier alpha value is -1.39. The van der Waals surface area contributed by atoms with Crippen LogP contribution in [0.15, 0.2) is 24.3 Å². The van der Waals surface area contributed by atoms with Crippen molar-refractivity contribution in [1.82, 2.24) is 14.9 Å². The van der Waals surface area contributed by atoms with Crippen molar-refractivity contribution in [1.29, 1.82) is 0 Å². The Bertz CT molecular complexity index is 626. The zero-order chi connectivity index (χ0) is 15.6. The first-order valence-electron chi connectivity index (χ1n) is 8.46. The normalized spacial score (nSPS) is 20.0. The smallest absolute Gasteiger partial charge is 0.126 e. The van der Waals surface area contributed by atoms with Gasteiger partial charge in [-0.2, -0.15) is 0 Å². The molecule has 1 saturated carbocycles. The second kappa shape index (κ2) is 6.39. The van der Waals surface area contributed by atoms with Crippen molar-refractivity contribution in [2.75, 3.05) is 6.54 Å². The molecule has 0 spiro atoms. The lowest BCUT2D eigenvalue weighted by Gasteiger charge is -2.28. The molecule has 0 radical (unpaired) electrons. The van der Waals surface area contributed by atoms with E-state index < -0.39 is 5.60 Å². The number of fused-ring (bicyclic) bond motifs is 1. The van der Waals surface area contributed by atoms with E-state index in [2.05, 4.69) is 29.9 Å². The van der Waals surface area contributed by atoms with Gasteiger partial charge in [-0.25, -0.2) is 4.98 Å². The maximum Gasteiger partial charge on any atom is 0.126 e. The predicted molar refractivity (Wildman–Crippen MR) is 89.8 cm³/mol. The van der Waals surface area contributed by atoms with Crippen LogP contribution in [0.3, 0.4) is 0 Å². The summed E-state index contributed by atoms with van der Waals surface area (Å²) in [6, 6.07) is 8.33. The van der Waals surface area contributed by atoms with Gasteiger partial charge in [-0.1, -0.05) is 37.8 Å². The van der Waals surface area contributed by atoms with Gasteiger partial charge in [0, 0.05) is 13.6 Å². The highest BCUT2D eigenvalue weighted by molar-refractivity contribution is 5.75. The summed E-state index contributed by atoms with van der Waals surface area (Å²) in [6.07, 6.45) is 6.60. The lowest BCUT2D eigenvalue weighted by atomic mass is 9.94. The minimum absolute atomic E-state index is 0.129. The average Bonchev–Trinajstić information content (AvgIpc) is 2.71. The van der Waals surface area contributed by atoms with E-state index in [-0.39, 0.29) is 6.04 Å². The van der Waals surface area contributed by atoms with Crippen molar-refractivity contribution < 1.29 is 5.11 Å². The molecule has 0 saturated heterocycles. The van der Waals surface area contributed by atoms with E-state index in [0.717, 1.165) is 42.5 Å². The zero-order valence-corrected chi connectivity index (χ0v) is 13.7. The summed E-state index contributed by atoms with van der Waals surface area (Å²) < 4.78 is 2.14. The molecule has 22 heavy (non-hydrogen) atoms. The number of para-hydroxylation sites is 2. The highest BCUT2D eigenvalue weighted by Gasteiger charge is 2.28. The van der Waals surface area contributed by atoms with Crippen LogP contribution in [0, 0.1) is 0 Å². The Morgan fingerprint density at radius 3 is 2.59 bits per heavy atom. The molecule has 1 aliphatic rings. The summed E-state index contributed by atoms with van der Waals surface area (Å²) in [4.78, 5) is 4.74. The number of aryl methyl sites for hydroxylation is 1. The van der Waals surface area contributed by atoms with Crippen molar-refractivity contribution in [3.63, 3.8) is 0 Å². The fourth-order valence-electron chi connectivity index (χ4n) is 3.55. The molecule has 1 aromatic carbocycles. The minimum Gasteiger partial charge on any atom is -0.389 e. The Balaban J connectivity index is 1.70. The fraction of sp³-hybridized carbons (Fsp3) is 0.611. The molecule has 1 fully saturated rings. The van der Waals surface area contributed by atoms with Crippen molar-refractivity contribution >= 4 is 11.0 Å². The van der Waals surface area contributed by atoms with Crippen molar-refractivity contribution in [3.05, 3.63) is 30.1 Å². The van der Waals surface area contributed by atoms with E-state index in [0.29, 0.717) is 6.54 Å². The maximum absolute atomic E-state index is 10.8. The Morgan fingerprint density at radius 2 is 1.91 bits per heavy atom. The highest BCUT2D eigenvalue weighted by atomic mass is 16.3. The third kappa shape index (κ3) is 3.18. The Kier molecular flexibility index (Phi) is 4.50. The second-order valence-electron chi connectivity index (χ2n) is 6.76. The molecule has 120 valence electrons. The van der Waals surface area contributed by atoms with Crippen LogP contribution in [0.1, 0.15) is 57.3 Å². The Labute approximate surface area is 132 Å². The monoisotopic (exact) mass is 301 g/mol. The van der Waals surface area contributed by atoms with Crippen LogP contribution >= 0.6 is 0 Å². The van der Waals surface area contributed by atoms with Gasteiger partial charge in [-0.05, 0) is 31.9 Å². The van der Waals surface area contributed by atoms with Crippen LogP contribution in [0.2, 0.25) is 0 Å². The van der Waals surface area contributed by atoms with Crippen LogP contribution in [0.4, 0.5) is 0 Å². The van der Waals surface area contributed by atoms with Crippen LogP contribution < -0.4 is 5.32 Å². The van der Waals surface area contributed by atoms with Crippen LogP contribution in [0.5, 0.6) is 0 Å². The predicted octanol–water partition coefficient (Wildman–Crippen LogP) is 3.31. The number of benzene rings is 1. The zero-order valence-electron chi connectivity index (χ0n) is 13.7. The Morgan fingerprint density at radius 1 is 1.23 bits per heavy atom. The van der Waals surface area contributed by atoms with Gasteiger partial charge >= 0.3 is 0 Å². The standard InChI is InChI=1S/C18H27N3O/c1-14(19-13-18(22)11-7-3-4-8-12-18)17-20-15-9-5-6-10-16(15)21(17)2/h5-6,9-10,14,19,22H,3-4,7-8,11-13H2,1-2H3. The molecule has 1 aliphatic carbocycles. The van der Waals surface area contributed by atoms with E-state index in [1.54, 1.807) is 0 Å². The van der Waals surface area contributed by atoms with Gasteiger partial charge in [0.05, 0.1) is 22.7 Å². The van der Waals surface area contributed by atoms with Gasteiger partial charge < -0.3 is 15.0 Å². The molecule has 1 heterocycles. The average molecular weight is 301 g/mol. The summed E-state index contributed by atoms with van der Waals surface area (Å²) in [7, 11) is 2.06. The largest absolute Gasteiger partial charge is 0.389 e. The first kappa shape index (κ1) is 15.5. The summed E-state index contributed by atoms with van der Waals surface area (Å²) >= 11 is 0. The molecule has 0 bridgehead atoms. The van der Waals surface area contributed by atoms with E-state index in [1.807, 2.05) is 18.2 Å². The summed E-state index contributed by atoms with van der Waals surface area (Å²) in [5.74, 6) is 1.03. The number of aliphatic hydroxyl groups is 1. The van der Waals surface area contributed by atoms with Gasteiger partial charge in [0.2, 0.25) is 0 Å². The van der Waals surface area contributed by atoms with Gasteiger partial charge in [-0.3, -0.25) is 0 Å². The first-order chi connectivity index (χ1) is 10.6. The number of hydrogen-bond donors (Lipinski definition) is 2. The van der Waals surface area contributed by atoms with Gasteiger partial charge in [0.1, 0.15) is 5.82 Å². The fourth-order valence-corrected chi connectivity index (χ4v) is 3.55. The molecule has 2 N–H and O–H groups in total. The van der Waals surface area contributed by atoms with Crippen molar-refractivity contribution in [2.24, 2.45) is 7.05 Å². The molecule has 1 atom stereocenters. The number of hydrogen-bond acceptors (Lipinski definition) is 3. The summed E-state index contributed by atoms with van der Waals surface area (Å²) in [6.45, 7) is 2.78. The number of nitrogens with zero attached hydrogens (tertiary/aromatic N) is 2. The third-order valence-electron chi connectivity index (χ3n) is 4.98. The molecule has 1 unspecified atom stereocenters. The molecule has 3 rings (SSSR count). The van der Waals surface area contributed by atoms with Crippen LogP contribution in [0.25, 0.3) is 11.0 Å². The number of aromatic nitrogens is 2. The van der Waals surface area contributed by atoms with Crippen molar-refractivity contribution in [3.8, 4) is 0 Å². The quantitative estimate of drug-likeness (QED) is 0.852. The van der Waals surface area contributed by atoms with Crippen LogP contribution in [-0.4, -0.2) is 26.8 Å². The molecule has 4 heteroatoms. The van der Waals surface area contributed by atoms with E-state index in [9.17, 15) is 5.11 Å². The van der Waals surface area contributed by atoms with E-state index in [1.165, 1.54) is 12.8 Å². The van der Waals surface area contributed by atoms with Crippen LogP contribution in [-0.2, 0) is 7.05 Å². The molecule has 0 amide bonds. The SMILES string of the molecule is CC(NCC1(O)CCCCCC1)c1nc2ccccc2n1C.